The number of fused-ring (bicyclic) bond motifs is 1. The molecule has 0 radical (unpaired) electrons. The molecule has 0 N–H and O–H groups in total. The first-order valence-electron chi connectivity index (χ1n) is 11.9. The van der Waals surface area contributed by atoms with E-state index in [1.807, 2.05) is 30.9 Å². The van der Waals surface area contributed by atoms with Gasteiger partial charge >= 0.3 is 5.63 Å². The van der Waals surface area contributed by atoms with E-state index in [0.29, 0.717) is 24.7 Å². The van der Waals surface area contributed by atoms with Crippen molar-refractivity contribution in [1.82, 2.24) is 14.7 Å². The number of likely N-dealkylation sites (tertiary alicyclic amines) is 2. The second-order valence-electron chi connectivity index (χ2n) is 8.85. The summed E-state index contributed by atoms with van der Waals surface area (Å²) >= 11 is 0. The van der Waals surface area contributed by atoms with Crippen LogP contribution >= 0.6 is 0 Å². The molecule has 2 saturated heterocycles. The summed E-state index contributed by atoms with van der Waals surface area (Å²) < 4.78 is 5.35. The Bertz CT molecular complexity index is 1020. The van der Waals surface area contributed by atoms with E-state index in [2.05, 4.69) is 4.90 Å². The Kier molecular flexibility index (Phi) is 6.94. The Balaban J connectivity index is 1.38. The van der Waals surface area contributed by atoms with E-state index in [1.54, 1.807) is 23.1 Å². The van der Waals surface area contributed by atoms with Crippen LogP contribution in [0, 0.1) is 5.92 Å². The van der Waals surface area contributed by atoms with E-state index in [-0.39, 0.29) is 23.3 Å². The quantitative estimate of drug-likeness (QED) is 0.670. The minimum atomic E-state index is -0.579. The van der Waals surface area contributed by atoms with E-state index < -0.39 is 5.63 Å². The van der Waals surface area contributed by atoms with Crippen LogP contribution in [0.25, 0.3) is 11.0 Å². The minimum Gasteiger partial charge on any atom is -0.422 e. The molecule has 1 atom stereocenters. The first-order valence-corrected chi connectivity index (χ1v) is 11.9. The molecular formula is C25H33N3O4. The Hall–Kier alpha value is -2.67. The van der Waals surface area contributed by atoms with Crippen LogP contribution in [0.2, 0.25) is 0 Å². The van der Waals surface area contributed by atoms with Crippen molar-refractivity contribution in [2.75, 3.05) is 39.3 Å². The van der Waals surface area contributed by atoms with E-state index in [4.69, 9.17) is 4.42 Å². The molecule has 0 saturated carbocycles. The molecule has 3 heterocycles. The molecule has 2 aliphatic heterocycles. The van der Waals surface area contributed by atoms with E-state index in [9.17, 15) is 14.4 Å². The molecule has 7 nitrogen and oxygen atoms in total. The summed E-state index contributed by atoms with van der Waals surface area (Å²) in [7, 11) is 0. The summed E-state index contributed by atoms with van der Waals surface area (Å²) in [4.78, 5) is 44.4. The lowest BCUT2D eigenvalue weighted by atomic mass is 9.92. The summed E-state index contributed by atoms with van der Waals surface area (Å²) in [5.74, 6) is 0.0945. The van der Waals surface area contributed by atoms with Gasteiger partial charge in [-0.15, -0.1) is 0 Å². The summed E-state index contributed by atoms with van der Waals surface area (Å²) in [6.07, 6.45) is 3.71. The molecule has 1 unspecified atom stereocenters. The molecule has 1 aromatic carbocycles. The average Bonchev–Trinajstić information content (AvgIpc) is 2.84. The zero-order chi connectivity index (χ0) is 22.7. The number of benzene rings is 1. The van der Waals surface area contributed by atoms with Gasteiger partial charge in [-0.3, -0.25) is 14.5 Å². The number of amides is 2. The molecule has 2 amide bonds. The lowest BCUT2D eigenvalue weighted by Crippen LogP contribution is -2.52. The summed E-state index contributed by atoms with van der Waals surface area (Å²) in [6.45, 7) is 8.62. The number of nitrogens with zero attached hydrogens (tertiary/aromatic N) is 3. The number of carbonyl (C=O) groups excluding carboxylic acids is 2. The molecule has 0 aliphatic carbocycles. The monoisotopic (exact) mass is 439 g/mol. The SMILES string of the molecule is CCN(CC)C(=O)C1CCCN(C2CCN(C(=O)c3cc4ccccc4oc3=O)CC2)C1. The standard InChI is InChI=1S/C25H33N3O4/c1-3-26(4-2)23(29)19-9-7-13-28(17-19)20-11-14-27(15-12-20)24(30)21-16-18-8-5-6-10-22(18)32-25(21)31/h5-6,8,10,16,19-20H,3-4,7,9,11-15,17H2,1-2H3. The molecule has 0 spiro atoms. The van der Waals surface area contributed by atoms with Crippen LogP contribution in [0.3, 0.4) is 0 Å². The number of hydrogen-bond donors (Lipinski definition) is 0. The molecule has 2 fully saturated rings. The van der Waals surface area contributed by atoms with Crippen LogP contribution in [0.15, 0.2) is 39.5 Å². The summed E-state index contributed by atoms with van der Waals surface area (Å²) in [5.41, 5.74) is 0.0151. The fourth-order valence-corrected chi connectivity index (χ4v) is 5.15. The highest BCUT2D eigenvalue weighted by Crippen LogP contribution is 2.26. The van der Waals surface area contributed by atoms with Crippen molar-refractivity contribution in [2.24, 2.45) is 5.92 Å². The highest BCUT2D eigenvalue weighted by molar-refractivity contribution is 5.96. The van der Waals surface area contributed by atoms with Gasteiger partial charge in [0.1, 0.15) is 11.1 Å². The third-order valence-electron chi connectivity index (χ3n) is 7.02. The number of piperidine rings is 2. The first-order chi connectivity index (χ1) is 15.5. The number of carbonyl (C=O) groups is 2. The second kappa shape index (κ2) is 9.86. The number of rotatable bonds is 5. The Morgan fingerprint density at radius 1 is 1.06 bits per heavy atom. The minimum absolute atomic E-state index is 0.0746. The number of hydrogen-bond acceptors (Lipinski definition) is 5. The first kappa shape index (κ1) is 22.5. The molecule has 7 heteroatoms. The lowest BCUT2D eigenvalue weighted by molar-refractivity contribution is -0.137. The van der Waals surface area contributed by atoms with Crippen LogP contribution in [-0.2, 0) is 4.79 Å². The largest absolute Gasteiger partial charge is 0.422 e. The van der Waals surface area contributed by atoms with E-state index >= 15 is 0 Å². The van der Waals surface area contributed by atoms with Gasteiger partial charge in [-0.2, -0.15) is 0 Å². The normalized spacial score (nSPS) is 20.4. The smallest absolute Gasteiger partial charge is 0.349 e. The van der Waals surface area contributed by atoms with Gasteiger partial charge in [0.2, 0.25) is 5.91 Å². The zero-order valence-electron chi connectivity index (χ0n) is 19.1. The van der Waals surface area contributed by atoms with Crippen molar-refractivity contribution >= 4 is 22.8 Å². The number of para-hydroxylation sites is 1. The lowest BCUT2D eigenvalue weighted by Gasteiger charge is -2.42. The summed E-state index contributed by atoms with van der Waals surface area (Å²) in [5, 5.41) is 0.752. The predicted molar refractivity (Wildman–Crippen MR) is 124 cm³/mol. The van der Waals surface area contributed by atoms with Crippen LogP contribution in [0.4, 0.5) is 0 Å². The third-order valence-corrected chi connectivity index (χ3v) is 7.02. The van der Waals surface area contributed by atoms with Gasteiger partial charge < -0.3 is 14.2 Å². The molecule has 1 aromatic heterocycles. The second-order valence-corrected chi connectivity index (χ2v) is 8.85. The van der Waals surface area contributed by atoms with Gasteiger partial charge in [0.15, 0.2) is 0 Å². The third kappa shape index (κ3) is 4.58. The highest BCUT2D eigenvalue weighted by Gasteiger charge is 2.34. The highest BCUT2D eigenvalue weighted by atomic mass is 16.4. The van der Waals surface area contributed by atoms with Crippen LogP contribution in [-0.4, -0.2) is 71.8 Å². The van der Waals surface area contributed by atoms with Gasteiger partial charge in [-0.1, -0.05) is 18.2 Å². The van der Waals surface area contributed by atoms with Crippen LogP contribution < -0.4 is 5.63 Å². The Morgan fingerprint density at radius 2 is 1.78 bits per heavy atom. The molecule has 172 valence electrons. The fourth-order valence-electron chi connectivity index (χ4n) is 5.15. The Morgan fingerprint density at radius 3 is 2.50 bits per heavy atom. The van der Waals surface area contributed by atoms with Gasteiger partial charge in [-0.25, -0.2) is 4.79 Å². The van der Waals surface area contributed by atoms with Gasteiger partial charge in [0.05, 0.1) is 5.92 Å². The molecule has 32 heavy (non-hydrogen) atoms. The topological polar surface area (TPSA) is 74.1 Å². The maximum absolute atomic E-state index is 13.0. The van der Waals surface area contributed by atoms with Crippen LogP contribution in [0.5, 0.6) is 0 Å². The van der Waals surface area contributed by atoms with Crippen LogP contribution in [0.1, 0.15) is 49.9 Å². The Labute approximate surface area is 189 Å². The van der Waals surface area contributed by atoms with Crippen molar-refractivity contribution in [1.29, 1.82) is 0 Å². The van der Waals surface area contributed by atoms with Crippen molar-refractivity contribution in [3.05, 3.63) is 46.3 Å². The molecule has 2 aliphatic rings. The van der Waals surface area contributed by atoms with Crippen molar-refractivity contribution < 1.29 is 14.0 Å². The molecule has 2 aromatic rings. The van der Waals surface area contributed by atoms with Crippen molar-refractivity contribution in [2.45, 2.75) is 45.6 Å². The van der Waals surface area contributed by atoms with Crippen molar-refractivity contribution in [3.8, 4) is 0 Å². The summed E-state index contributed by atoms with van der Waals surface area (Å²) in [6, 6.07) is 9.25. The fraction of sp³-hybridized carbons (Fsp3) is 0.560. The predicted octanol–water partition coefficient (Wildman–Crippen LogP) is 2.98. The van der Waals surface area contributed by atoms with Gasteiger partial charge in [-0.05, 0) is 58.2 Å². The van der Waals surface area contributed by atoms with E-state index in [0.717, 1.165) is 57.2 Å². The molecule has 0 bridgehead atoms. The van der Waals surface area contributed by atoms with E-state index in [1.165, 1.54) is 0 Å². The van der Waals surface area contributed by atoms with Gasteiger partial charge in [0.25, 0.3) is 5.91 Å². The zero-order valence-corrected chi connectivity index (χ0v) is 19.1. The molecular weight excluding hydrogens is 406 g/mol. The van der Waals surface area contributed by atoms with Gasteiger partial charge in [0, 0.05) is 44.2 Å². The average molecular weight is 440 g/mol. The maximum atomic E-state index is 13.0. The maximum Gasteiger partial charge on any atom is 0.349 e. The van der Waals surface area contributed by atoms with Crippen molar-refractivity contribution in [3.63, 3.8) is 0 Å². The molecule has 4 rings (SSSR count).